The van der Waals surface area contributed by atoms with E-state index in [1.54, 1.807) is 0 Å². The third-order valence-corrected chi connectivity index (χ3v) is 2.35. The van der Waals surface area contributed by atoms with Crippen LogP contribution in [0.3, 0.4) is 0 Å². The van der Waals surface area contributed by atoms with Crippen LogP contribution < -0.4 is 5.73 Å². The molecule has 2 nitrogen and oxygen atoms in total. The number of hydrogen-bond acceptors (Lipinski definition) is 2. The number of furan rings is 1. The highest BCUT2D eigenvalue weighted by Gasteiger charge is 2.02. The topological polar surface area (TPSA) is 39.2 Å². The van der Waals surface area contributed by atoms with Gasteiger partial charge in [0.1, 0.15) is 11.3 Å². The summed E-state index contributed by atoms with van der Waals surface area (Å²) in [6.07, 6.45) is 1.92. The van der Waals surface area contributed by atoms with Crippen molar-refractivity contribution in [1.29, 1.82) is 0 Å². The van der Waals surface area contributed by atoms with Crippen molar-refractivity contribution in [2.24, 2.45) is 5.73 Å². The van der Waals surface area contributed by atoms with Crippen molar-refractivity contribution in [3.05, 3.63) is 35.6 Å². The first kappa shape index (κ1) is 9.28. The van der Waals surface area contributed by atoms with E-state index in [1.165, 1.54) is 10.9 Å². The Morgan fingerprint density at radius 3 is 2.93 bits per heavy atom. The van der Waals surface area contributed by atoms with Gasteiger partial charge in [0.2, 0.25) is 0 Å². The average Bonchev–Trinajstić information content (AvgIpc) is 2.56. The van der Waals surface area contributed by atoms with Crippen LogP contribution in [0.4, 0.5) is 0 Å². The summed E-state index contributed by atoms with van der Waals surface area (Å²) < 4.78 is 5.67. The van der Waals surface area contributed by atoms with Crippen molar-refractivity contribution in [1.82, 2.24) is 0 Å². The molecule has 74 valence electrons. The molecule has 0 aliphatic heterocycles. The molecule has 2 rings (SSSR count). The first-order chi connectivity index (χ1) is 6.79. The second kappa shape index (κ2) is 3.84. The zero-order valence-electron chi connectivity index (χ0n) is 8.42. The summed E-state index contributed by atoms with van der Waals surface area (Å²) in [5.74, 6) is 1.04. The maximum Gasteiger partial charge on any atom is 0.134 e. The number of hydrogen-bond donors (Lipinski definition) is 1. The minimum absolute atomic E-state index is 0.718. The summed E-state index contributed by atoms with van der Waals surface area (Å²) in [6, 6.07) is 8.35. The van der Waals surface area contributed by atoms with E-state index in [4.69, 9.17) is 10.2 Å². The van der Waals surface area contributed by atoms with Crippen molar-refractivity contribution in [2.45, 2.75) is 19.8 Å². The van der Waals surface area contributed by atoms with E-state index in [1.807, 2.05) is 6.07 Å². The van der Waals surface area contributed by atoms with Crippen LogP contribution in [0.5, 0.6) is 0 Å². The zero-order valence-corrected chi connectivity index (χ0v) is 8.42. The maximum atomic E-state index is 5.67. The third kappa shape index (κ3) is 1.80. The number of rotatable bonds is 3. The Hall–Kier alpha value is -1.28. The van der Waals surface area contributed by atoms with Gasteiger partial charge >= 0.3 is 0 Å². The number of benzene rings is 1. The van der Waals surface area contributed by atoms with Crippen molar-refractivity contribution >= 4 is 11.0 Å². The van der Waals surface area contributed by atoms with Gasteiger partial charge in [-0.25, -0.2) is 0 Å². The normalized spacial score (nSPS) is 11.0. The largest absolute Gasteiger partial charge is 0.461 e. The van der Waals surface area contributed by atoms with Gasteiger partial charge in [0, 0.05) is 11.8 Å². The molecule has 0 spiro atoms. The quantitative estimate of drug-likeness (QED) is 0.806. The van der Waals surface area contributed by atoms with Crippen LogP contribution in [0.2, 0.25) is 0 Å². The molecule has 0 aliphatic carbocycles. The van der Waals surface area contributed by atoms with Gasteiger partial charge in [-0.05, 0) is 38.1 Å². The van der Waals surface area contributed by atoms with Gasteiger partial charge in [0.05, 0.1) is 0 Å². The molecule has 0 fully saturated rings. The van der Waals surface area contributed by atoms with Gasteiger partial charge < -0.3 is 10.2 Å². The van der Waals surface area contributed by atoms with Gasteiger partial charge in [-0.15, -0.1) is 0 Å². The lowest BCUT2D eigenvalue weighted by Gasteiger charge is -1.91. The fraction of sp³-hybridized carbons (Fsp3) is 0.333. The van der Waals surface area contributed by atoms with Gasteiger partial charge in [-0.1, -0.05) is 11.6 Å². The van der Waals surface area contributed by atoms with E-state index >= 15 is 0 Å². The summed E-state index contributed by atoms with van der Waals surface area (Å²) in [6.45, 7) is 2.81. The Balaban J connectivity index is 2.32. The molecule has 2 aromatic rings. The van der Waals surface area contributed by atoms with Crippen molar-refractivity contribution in [3.8, 4) is 0 Å². The van der Waals surface area contributed by atoms with Crippen molar-refractivity contribution in [2.75, 3.05) is 6.54 Å². The molecule has 0 saturated carbocycles. The molecule has 2 heteroatoms. The Labute approximate surface area is 83.7 Å². The predicted octanol–water partition coefficient (Wildman–Crippen LogP) is 2.63. The lowest BCUT2D eigenvalue weighted by atomic mass is 10.2. The molecular formula is C12H15NO. The Morgan fingerprint density at radius 1 is 1.29 bits per heavy atom. The summed E-state index contributed by atoms with van der Waals surface area (Å²) in [5, 5.41) is 1.19. The van der Waals surface area contributed by atoms with E-state index in [-0.39, 0.29) is 0 Å². The molecule has 0 saturated heterocycles. The minimum atomic E-state index is 0.718. The van der Waals surface area contributed by atoms with Gasteiger partial charge in [-0.3, -0.25) is 0 Å². The minimum Gasteiger partial charge on any atom is -0.461 e. The maximum absolute atomic E-state index is 5.67. The zero-order chi connectivity index (χ0) is 9.97. The van der Waals surface area contributed by atoms with E-state index < -0.39 is 0 Å². The molecule has 1 aromatic carbocycles. The first-order valence-electron chi connectivity index (χ1n) is 4.99. The number of fused-ring (bicyclic) bond motifs is 1. The number of nitrogens with two attached hydrogens (primary N) is 1. The Kier molecular flexibility index (Phi) is 2.55. The average molecular weight is 189 g/mol. The highest BCUT2D eigenvalue weighted by atomic mass is 16.3. The second-order valence-corrected chi connectivity index (χ2v) is 3.65. The summed E-state index contributed by atoms with van der Waals surface area (Å²) in [7, 11) is 0. The van der Waals surface area contributed by atoms with Gasteiger partial charge in [-0.2, -0.15) is 0 Å². The van der Waals surface area contributed by atoms with Crippen LogP contribution in [-0.2, 0) is 6.42 Å². The summed E-state index contributed by atoms with van der Waals surface area (Å²) in [4.78, 5) is 0. The SMILES string of the molecule is Cc1ccc2oc(CCCN)cc2c1. The van der Waals surface area contributed by atoms with Crippen molar-refractivity contribution < 1.29 is 4.42 Å². The molecule has 2 N–H and O–H groups in total. The van der Waals surface area contributed by atoms with E-state index in [0.29, 0.717) is 0 Å². The molecular weight excluding hydrogens is 174 g/mol. The summed E-state index contributed by atoms with van der Waals surface area (Å²) in [5.41, 5.74) is 7.69. The van der Waals surface area contributed by atoms with Crippen LogP contribution in [0, 0.1) is 6.92 Å². The first-order valence-corrected chi connectivity index (χ1v) is 4.99. The lowest BCUT2D eigenvalue weighted by molar-refractivity contribution is 0.540. The predicted molar refractivity (Wildman–Crippen MR) is 58.3 cm³/mol. The Morgan fingerprint density at radius 2 is 2.14 bits per heavy atom. The highest BCUT2D eigenvalue weighted by Crippen LogP contribution is 2.21. The van der Waals surface area contributed by atoms with Crippen molar-refractivity contribution in [3.63, 3.8) is 0 Å². The van der Waals surface area contributed by atoms with Crippen LogP contribution in [0.1, 0.15) is 17.7 Å². The van der Waals surface area contributed by atoms with Crippen LogP contribution in [-0.4, -0.2) is 6.54 Å². The molecule has 0 radical (unpaired) electrons. The molecule has 0 aliphatic rings. The molecule has 1 aromatic heterocycles. The molecule has 0 amide bonds. The fourth-order valence-electron chi connectivity index (χ4n) is 1.62. The van der Waals surface area contributed by atoms with Gasteiger partial charge in [0.15, 0.2) is 0 Å². The Bertz CT molecular complexity index is 431. The summed E-state index contributed by atoms with van der Waals surface area (Å²) >= 11 is 0. The molecule has 14 heavy (non-hydrogen) atoms. The molecule has 1 heterocycles. The van der Waals surface area contributed by atoms with E-state index in [9.17, 15) is 0 Å². The van der Waals surface area contributed by atoms with Crippen LogP contribution >= 0.6 is 0 Å². The second-order valence-electron chi connectivity index (χ2n) is 3.65. The number of aryl methyl sites for hydroxylation is 2. The third-order valence-electron chi connectivity index (χ3n) is 2.35. The molecule has 0 bridgehead atoms. The fourth-order valence-corrected chi connectivity index (χ4v) is 1.62. The lowest BCUT2D eigenvalue weighted by Crippen LogP contribution is -1.99. The highest BCUT2D eigenvalue weighted by molar-refractivity contribution is 5.78. The molecule has 0 atom stereocenters. The molecule has 0 unspecified atom stereocenters. The van der Waals surface area contributed by atoms with Crippen LogP contribution in [0.25, 0.3) is 11.0 Å². The van der Waals surface area contributed by atoms with E-state index in [0.717, 1.165) is 30.7 Å². The van der Waals surface area contributed by atoms with Crippen LogP contribution in [0.15, 0.2) is 28.7 Å². The van der Waals surface area contributed by atoms with E-state index in [2.05, 4.69) is 25.1 Å². The smallest absolute Gasteiger partial charge is 0.134 e. The standard InChI is InChI=1S/C12H15NO/c1-9-4-5-12-10(7-9)8-11(14-12)3-2-6-13/h4-5,7-8H,2-3,6,13H2,1H3. The van der Waals surface area contributed by atoms with Gasteiger partial charge in [0.25, 0.3) is 0 Å². The monoisotopic (exact) mass is 189 g/mol.